The first-order valence-electron chi connectivity index (χ1n) is 5.81. The second-order valence-corrected chi connectivity index (χ2v) is 4.27. The topological polar surface area (TPSA) is 65.5 Å². The van der Waals surface area contributed by atoms with Crippen molar-refractivity contribution < 1.29 is 9.90 Å². The highest BCUT2D eigenvalue weighted by molar-refractivity contribution is 5.90. The third-order valence-electron chi connectivity index (χ3n) is 2.85. The second kappa shape index (κ2) is 5.14. The molecule has 2 rings (SSSR count). The van der Waals surface area contributed by atoms with Crippen LogP contribution >= 0.6 is 0 Å². The van der Waals surface area contributed by atoms with Gasteiger partial charge in [0.1, 0.15) is 0 Å². The predicted molar refractivity (Wildman–Crippen MR) is 64.8 cm³/mol. The molecule has 5 heteroatoms. The maximum Gasteiger partial charge on any atom is 0.322 e. The number of aliphatic hydroxyl groups is 1. The van der Waals surface area contributed by atoms with Gasteiger partial charge in [0.05, 0.1) is 6.61 Å². The molecule has 0 radical (unpaired) electrons. The van der Waals surface area contributed by atoms with Crippen molar-refractivity contribution >= 4 is 11.7 Å². The number of pyridine rings is 1. The lowest BCUT2D eigenvalue weighted by molar-refractivity contribution is 0.185. The summed E-state index contributed by atoms with van der Waals surface area (Å²) in [7, 11) is 0. The molecule has 1 heterocycles. The van der Waals surface area contributed by atoms with Crippen LogP contribution in [0.5, 0.6) is 0 Å². The van der Waals surface area contributed by atoms with E-state index in [0.717, 1.165) is 24.1 Å². The molecule has 92 valence electrons. The number of hydrogen-bond acceptors (Lipinski definition) is 3. The van der Waals surface area contributed by atoms with E-state index in [9.17, 15) is 4.79 Å². The molecule has 0 atom stereocenters. The quantitative estimate of drug-likeness (QED) is 0.828. The predicted octanol–water partition coefficient (Wildman–Crippen LogP) is 1.38. The molecule has 1 aliphatic rings. The van der Waals surface area contributed by atoms with Crippen molar-refractivity contribution in [3.05, 3.63) is 24.0 Å². The molecule has 17 heavy (non-hydrogen) atoms. The van der Waals surface area contributed by atoms with Crippen molar-refractivity contribution in [3.8, 4) is 0 Å². The first-order valence-corrected chi connectivity index (χ1v) is 5.81. The molecule has 1 fully saturated rings. The SMILES string of the molecule is Cc1cnccc1NC(=O)N(CCO)C1CC1. The number of carbonyl (C=O) groups is 1. The van der Waals surface area contributed by atoms with Crippen LogP contribution in [-0.2, 0) is 0 Å². The zero-order chi connectivity index (χ0) is 12.3. The lowest BCUT2D eigenvalue weighted by Crippen LogP contribution is -2.38. The fraction of sp³-hybridized carbons (Fsp3) is 0.500. The highest BCUT2D eigenvalue weighted by atomic mass is 16.3. The molecule has 2 N–H and O–H groups in total. The lowest BCUT2D eigenvalue weighted by atomic mass is 10.2. The molecule has 0 aromatic carbocycles. The van der Waals surface area contributed by atoms with E-state index in [-0.39, 0.29) is 12.6 Å². The maximum atomic E-state index is 12.0. The van der Waals surface area contributed by atoms with E-state index >= 15 is 0 Å². The summed E-state index contributed by atoms with van der Waals surface area (Å²) in [5, 5.41) is 11.8. The Morgan fingerprint density at radius 2 is 2.41 bits per heavy atom. The average molecular weight is 235 g/mol. The maximum absolute atomic E-state index is 12.0. The van der Waals surface area contributed by atoms with Crippen LogP contribution in [0.15, 0.2) is 18.5 Å². The van der Waals surface area contributed by atoms with Crippen LogP contribution in [0, 0.1) is 6.92 Å². The molecule has 0 aliphatic heterocycles. The fourth-order valence-electron chi connectivity index (χ4n) is 1.74. The number of rotatable bonds is 4. The van der Waals surface area contributed by atoms with Crippen LogP contribution in [0.2, 0.25) is 0 Å². The van der Waals surface area contributed by atoms with Gasteiger partial charge in [-0.3, -0.25) is 4.98 Å². The number of urea groups is 1. The normalized spacial score (nSPS) is 14.5. The van der Waals surface area contributed by atoms with Gasteiger partial charge in [-0.25, -0.2) is 4.79 Å². The Balaban J connectivity index is 2.02. The van der Waals surface area contributed by atoms with E-state index in [1.165, 1.54) is 0 Å². The molecule has 0 unspecified atom stereocenters. The van der Waals surface area contributed by atoms with Crippen molar-refractivity contribution in [2.75, 3.05) is 18.5 Å². The number of anilines is 1. The van der Waals surface area contributed by atoms with Gasteiger partial charge in [0.2, 0.25) is 0 Å². The number of aliphatic hydroxyl groups excluding tert-OH is 1. The van der Waals surface area contributed by atoms with E-state index < -0.39 is 0 Å². The van der Waals surface area contributed by atoms with Gasteiger partial charge in [0, 0.05) is 30.7 Å². The summed E-state index contributed by atoms with van der Waals surface area (Å²) in [5.74, 6) is 0. The fourth-order valence-corrected chi connectivity index (χ4v) is 1.74. The Hall–Kier alpha value is -1.62. The molecular weight excluding hydrogens is 218 g/mol. The van der Waals surface area contributed by atoms with Crippen molar-refractivity contribution in [2.24, 2.45) is 0 Å². The summed E-state index contributed by atoms with van der Waals surface area (Å²) >= 11 is 0. The van der Waals surface area contributed by atoms with Gasteiger partial charge in [-0.1, -0.05) is 0 Å². The van der Waals surface area contributed by atoms with E-state index in [2.05, 4.69) is 10.3 Å². The van der Waals surface area contributed by atoms with Crippen molar-refractivity contribution in [1.82, 2.24) is 9.88 Å². The molecule has 0 saturated heterocycles. The van der Waals surface area contributed by atoms with Crippen LogP contribution in [-0.4, -0.2) is 40.2 Å². The molecule has 1 aliphatic carbocycles. The molecule has 2 amide bonds. The van der Waals surface area contributed by atoms with Crippen LogP contribution in [0.4, 0.5) is 10.5 Å². The summed E-state index contributed by atoms with van der Waals surface area (Å²) in [6, 6.07) is 1.93. The molecule has 1 aromatic heterocycles. The molecule has 0 spiro atoms. The molecule has 1 saturated carbocycles. The minimum atomic E-state index is -0.143. The average Bonchev–Trinajstić information content (AvgIpc) is 3.13. The smallest absolute Gasteiger partial charge is 0.322 e. The van der Waals surface area contributed by atoms with Crippen LogP contribution in [0.3, 0.4) is 0 Å². The van der Waals surface area contributed by atoms with E-state index in [1.807, 2.05) is 6.92 Å². The number of nitrogens with zero attached hydrogens (tertiary/aromatic N) is 2. The third kappa shape index (κ3) is 2.94. The number of carbonyl (C=O) groups excluding carboxylic acids is 1. The number of amides is 2. The Kier molecular flexibility index (Phi) is 3.58. The summed E-state index contributed by atoms with van der Waals surface area (Å²) in [6.45, 7) is 2.29. The van der Waals surface area contributed by atoms with Gasteiger partial charge in [0.25, 0.3) is 0 Å². The Bertz CT molecular complexity index is 404. The summed E-state index contributed by atoms with van der Waals surface area (Å²) in [5.41, 5.74) is 1.70. The third-order valence-corrected chi connectivity index (χ3v) is 2.85. The van der Waals surface area contributed by atoms with E-state index in [4.69, 9.17) is 5.11 Å². The summed E-state index contributed by atoms with van der Waals surface area (Å²) in [4.78, 5) is 17.7. The van der Waals surface area contributed by atoms with Gasteiger partial charge in [0.15, 0.2) is 0 Å². The largest absolute Gasteiger partial charge is 0.395 e. The van der Waals surface area contributed by atoms with Gasteiger partial charge < -0.3 is 15.3 Å². The highest BCUT2D eigenvalue weighted by Crippen LogP contribution is 2.27. The molecule has 0 bridgehead atoms. The Labute approximate surface area is 100 Å². The molecule has 1 aromatic rings. The first kappa shape index (κ1) is 11.9. The van der Waals surface area contributed by atoms with Gasteiger partial charge >= 0.3 is 6.03 Å². The standard InChI is InChI=1S/C12H17N3O2/c1-9-8-13-5-4-11(9)14-12(17)15(6-7-16)10-2-3-10/h4-5,8,10,16H,2-3,6-7H2,1H3,(H,13,14,17). The monoisotopic (exact) mass is 235 g/mol. The Morgan fingerprint density at radius 1 is 1.65 bits per heavy atom. The van der Waals surface area contributed by atoms with Crippen LogP contribution in [0.25, 0.3) is 0 Å². The zero-order valence-electron chi connectivity index (χ0n) is 9.89. The van der Waals surface area contributed by atoms with Crippen LogP contribution < -0.4 is 5.32 Å². The summed E-state index contributed by atoms with van der Waals surface area (Å²) < 4.78 is 0. The minimum absolute atomic E-state index is 0.000747. The van der Waals surface area contributed by atoms with E-state index in [1.54, 1.807) is 23.4 Å². The molecule has 5 nitrogen and oxygen atoms in total. The van der Waals surface area contributed by atoms with Crippen molar-refractivity contribution in [1.29, 1.82) is 0 Å². The number of aryl methyl sites for hydroxylation is 1. The van der Waals surface area contributed by atoms with Crippen LogP contribution in [0.1, 0.15) is 18.4 Å². The van der Waals surface area contributed by atoms with Gasteiger partial charge in [-0.05, 0) is 31.4 Å². The number of aromatic nitrogens is 1. The van der Waals surface area contributed by atoms with Gasteiger partial charge in [-0.2, -0.15) is 0 Å². The lowest BCUT2D eigenvalue weighted by Gasteiger charge is -2.22. The second-order valence-electron chi connectivity index (χ2n) is 4.27. The Morgan fingerprint density at radius 3 is 3.00 bits per heavy atom. The van der Waals surface area contributed by atoms with Crippen molar-refractivity contribution in [3.63, 3.8) is 0 Å². The first-order chi connectivity index (χ1) is 8.22. The number of hydrogen-bond donors (Lipinski definition) is 2. The molecular formula is C12H17N3O2. The van der Waals surface area contributed by atoms with Crippen molar-refractivity contribution in [2.45, 2.75) is 25.8 Å². The summed E-state index contributed by atoms with van der Waals surface area (Å²) in [6.07, 6.45) is 5.42. The van der Waals surface area contributed by atoms with Gasteiger partial charge in [-0.15, -0.1) is 0 Å². The van der Waals surface area contributed by atoms with E-state index in [0.29, 0.717) is 12.6 Å². The highest BCUT2D eigenvalue weighted by Gasteiger charge is 2.32. The number of nitrogens with one attached hydrogen (secondary N) is 1. The zero-order valence-corrected chi connectivity index (χ0v) is 9.89. The minimum Gasteiger partial charge on any atom is -0.395 e.